The first kappa shape index (κ1) is 18.4. The average Bonchev–Trinajstić information content (AvgIpc) is 3.39. The number of nitrogens with zero attached hydrogens (tertiary/aromatic N) is 5. The molecule has 2 aromatic rings. The molecule has 2 aliphatic heterocycles. The predicted molar refractivity (Wildman–Crippen MR) is 114 cm³/mol. The molecule has 6 heteroatoms. The molecule has 2 aromatic heterocycles. The van der Waals surface area contributed by atoms with Gasteiger partial charge in [0, 0.05) is 57.9 Å². The number of pyridine rings is 1. The van der Waals surface area contributed by atoms with Gasteiger partial charge in [0.2, 0.25) is 0 Å². The molecule has 1 aliphatic carbocycles. The molecule has 152 valence electrons. The van der Waals surface area contributed by atoms with Crippen molar-refractivity contribution in [3.63, 3.8) is 0 Å². The minimum atomic E-state index is 0.620. The number of hydrogen-bond acceptors (Lipinski definition) is 5. The molecule has 0 amide bonds. The number of piperidine rings is 1. The normalized spacial score (nSPS) is 23.8. The predicted octanol–water partition coefficient (Wildman–Crippen LogP) is 3.08. The Bertz CT molecular complexity index is 779. The van der Waals surface area contributed by atoms with E-state index in [0.29, 0.717) is 5.92 Å². The van der Waals surface area contributed by atoms with Gasteiger partial charge in [0.15, 0.2) is 5.82 Å². The van der Waals surface area contributed by atoms with E-state index < -0.39 is 0 Å². The first-order valence-electron chi connectivity index (χ1n) is 11.3. The van der Waals surface area contributed by atoms with E-state index in [1.165, 1.54) is 77.1 Å². The Balaban J connectivity index is 1.24. The molecule has 6 nitrogen and oxygen atoms in total. The summed E-state index contributed by atoms with van der Waals surface area (Å²) in [7, 11) is 2.23. The molecule has 3 aliphatic rings. The van der Waals surface area contributed by atoms with Gasteiger partial charge in [0.05, 0.1) is 5.52 Å². The van der Waals surface area contributed by atoms with Gasteiger partial charge in [-0.2, -0.15) is 0 Å². The van der Waals surface area contributed by atoms with E-state index in [1.807, 2.05) is 6.20 Å². The fourth-order valence-corrected chi connectivity index (χ4v) is 5.29. The Hall–Kier alpha value is -1.66. The highest BCUT2D eigenvalue weighted by atomic mass is 15.3. The highest BCUT2D eigenvalue weighted by Gasteiger charge is 2.26. The van der Waals surface area contributed by atoms with Gasteiger partial charge in [0.1, 0.15) is 11.3 Å². The van der Waals surface area contributed by atoms with Gasteiger partial charge in [-0.15, -0.1) is 0 Å². The van der Waals surface area contributed by atoms with Crippen LogP contribution in [0.25, 0.3) is 11.0 Å². The summed E-state index contributed by atoms with van der Waals surface area (Å²) < 4.78 is 0. The third-order valence-electron chi connectivity index (χ3n) is 7.17. The van der Waals surface area contributed by atoms with Crippen molar-refractivity contribution in [3.8, 4) is 0 Å². The van der Waals surface area contributed by atoms with E-state index in [-0.39, 0.29) is 0 Å². The van der Waals surface area contributed by atoms with E-state index in [0.717, 1.165) is 35.9 Å². The summed E-state index contributed by atoms with van der Waals surface area (Å²) in [6.07, 6.45) is 9.72. The van der Waals surface area contributed by atoms with Gasteiger partial charge in [0.25, 0.3) is 0 Å². The molecule has 4 heterocycles. The van der Waals surface area contributed by atoms with Crippen molar-refractivity contribution in [2.24, 2.45) is 5.92 Å². The molecule has 0 radical (unpaired) electrons. The van der Waals surface area contributed by atoms with Crippen molar-refractivity contribution in [2.75, 3.05) is 57.8 Å². The lowest BCUT2D eigenvalue weighted by atomic mass is 9.96. The van der Waals surface area contributed by atoms with Crippen molar-refractivity contribution < 1.29 is 0 Å². The number of aromatic amines is 1. The Morgan fingerprint density at radius 2 is 1.75 bits per heavy atom. The fourth-order valence-electron chi connectivity index (χ4n) is 5.29. The van der Waals surface area contributed by atoms with Crippen molar-refractivity contribution in [1.29, 1.82) is 0 Å². The minimum Gasteiger partial charge on any atom is -0.355 e. The van der Waals surface area contributed by atoms with Crippen LogP contribution in [-0.4, -0.2) is 77.6 Å². The number of anilines is 1. The second kappa shape index (κ2) is 7.99. The van der Waals surface area contributed by atoms with E-state index in [9.17, 15) is 0 Å². The smallest absolute Gasteiger partial charge is 0.156 e. The summed E-state index contributed by atoms with van der Waals surface area (Å²) in [5.74, 6) is 3.73. The summed E-state index contributed by atoms with van der Waals surface area (Å²) in [4.78, 5) is 20.9. The highest BCUT2D eigenvalue weighted by Crippen LogP contribution is 2.35. The third-order valence-corrected chi connectivity index (χ3v) is 7.17. The molecular weight excluding hydrogens is 348 g/mol. The van der Waals surface area contributed by atoms with Crippen LogP contribution < -0.4 is 4.90 Å². The topological polar surface area (TPSA) is 51.3 Å². The summed E-state index contributed by atoms with van der Waals surface area (Å²) in [6.45, 7) is 8.38. The Kier molecular flexibility index (Phi) is 5.24. The number of nitrogens with one attached hydrogen (secondary N) is 1. The van der Waals surface area contributed by atoms with Gasteiger partial charge >= 0.3 is 0 Å². The van der Waals surface area contributed by atoms with Crippen LogP contribution in [0.5, 0.6) is 0 Å². The maximum atomic E-state index is 5.02. The second-order valence-corrected chi connectivity index (χ2v) is 9.17. The number of likely N-dealkylation sites (N-methyl/N-ethyl adjacent to an activating group) is 1. The molecule has 0 aromatic carbocycles. The summed E-state index contributed by atoms with van der Waals surface area (Å²) in [5, 5.41) is 0. The second-order valence-electron chi connectivity index (χ2n) is 9.17. The van der Waals surface area contributed by atoms with Crippen LogP contribution in [0.15, 0.2) is 12.3 Å². The third kappa shape index (κ3) is 3.77. The van der Waals surface area contributed by atoms with Crippen LogP contribution in [0.2, 0.25) is 0 Å². The summed E-state index contributed by atoms with van der Waals surface area (Å²) >= 11 is 0. The van der Waals surface area contributed by atoms with Crippen LogP contribution in [0, 0.1) is 5.92 Å². The van der Waals surface area contributed by atoms with Gasteiger partial charge in [-0.1, -0.05) is 12.8 Å². The monoisotopic (exact) mass is 382 g/mol. The fraction of sp³-hybridized carbons (Fsp3) is 0.727. The number of rotatable bonds is 4. The largest absolute Gasteiger partial charge is 0.355 e. The van der Waals surface area contributed by atoms with Crippen molar-refractivity contribution in [3.05, 3.63) is 18.1 Å². The number of piperazine rings is 1. The van der Waals surface area contributed by atoms with Crippen molar-refractivity contribution >= 4 is 16.9 Å². The number of aromatic nitrogens is 3. The molecule has 2 saturated heterocycles. The molecule has 3 fully saturated rings. The van der Waals surface area contributed by atoms with Crippen LogP contribution in [0.3, 0.4) is 0 Å². The van der Waals surface area contributed by atoms with Crippen molar-refractivity contribution in [2.45, 2.75) is 44.4 Å². The Labute approximate surface area is 168 Å². The molecular formula is C22H34N6. The molecule has 0 bridgehead atoms. The minimum absolute atomic E-state index is 0.620. The van der Waals surface area contributed by atoms with E-state index in [1.54, 1.807) is 0 Å². The van der Waals surface area contributed by atoms with Crippen LogP contribution in [-0.2, 0) is 0 Å². The quantitative estimate of drug-likeness (QED) is 0.881. The van der Waals surface area contributed by atoms with Gasteiger partial charge < -0.3 is 19.7 Å². The van der Waals surface area contributed by atoms with Crippen molar-refractivity contribution in [1.82, 2.24) is 24.8 Å². The van der Waals surface area contributed by atoms with Gasteiger partial charge in [-0.05, 0) is 44.7 Å². The lowest BCUT2D eigenvalue weighted by molar-refractivity contribution is 0.129. The number of H-pyrrole nitrogens is 1. The van der Waals surface area contributed by atoms with E-state index in [4.69, 9.17) is 9.97 Å². The first-order valence-corrected chi connectivity index (χ1v) is 11.3. The Morgan fingerprint density at radius 1 is 1.00 bits per heavy atom. The number of imidazole rings is 1. The zero-order valence-electron chi connectivity index (χ0n) is 17.2. The molecule has 5 rings (SSSR count). The molecule has 0 unspecified atom stereocenters. The SMILES string of the molecule is CN1CCN(CC2CCN(c3nccc4[nH]c(C5CCCC5)nc34)CC2)CC1. The first-order chi connectivity index (χ1) is 13.8. The molecule has 0 spiro atoms. The molecule has 1 saturated carbocycles. The maximum absolute atomic E-state index is 5.02. The Morgan fingerprint density at radius 3 is 2.50 bits per heavy atom. The summed E-state index contributed by atoms with van der Waals surface area (Å²) in [5.41, 5.74) is 2.24. The zero-order valence-corrected chi connectivity index (χ0v) is 17.2. The highest BCUT2D eigenvalue weighted by molar-refractivity contribution is 5.86. The standard InChI is InChI=1S/C22H34N6/c1-26-12-14-27(15-13-26)16-17-7-10-28(11-8-17)22-20-19(6-9-23-22)24-21(25-20)18-4-2-3-5-18/h6,9,17-18H,2-5,7-8,10-16H2,1H3,(H,24,25). The van der Waals surface area contributed by atoms with Crippen LogP contribution >= 0.6 is 0 Å². The lowest BCUT2D eigenvalue weighted by Gasteiger charge is -2.38. The average molecular weight is 383 g/mol. The number of hydrogen-bond donors (Lipinski definition) is 1. The molecule has 1 N–H and O–H groups in total. The van der Waals surface area contributed by atoms with E-state index in [2.05, 4.69) is 32.8 Å². The van der Waals surface area contributed by atoms with Crippen LogP contribution in [0.4, 0.5) is 5.82 Å². The molecule has 0 atom stereocenters. The van der Waals surface area contributed by atoms with Gasteiger partial charge in [-0.25, -0.2) is 9.97 Å². The molecule has 28 heavy (non-hydrogen) atoms. The van der Waals surface area contributed by atoms with Crippen LogP contribution in [0.1, 0.15) is 50.3 Å². The summed E-state index contributed by atoms with van der Waals surface area (Å²) in [6, 6.07) is 2.09. The zero-order chi connectivity index (χ0) is 18.9. The maximum Gasteiger partial charge on any atom is 0.156 e. The lowest BCUT2D eigenvalue weighted by Crippen LogP contribution is -2.47. The van der Waals surface area contributed by atoms with Gasteiger partial charge in [-0.3, -0.25) is 0 Å². The number of fused-ring (bicyclic) bond motifs is 1. The van der Waals surface area contributed by atoms with E-state index >= 15 is 0 Å².